The van der Waals surface area contributed by atoms with E-state index in [4.69, 9.17) is 0 Å². The molecule has 3 rings (SSSR count). The van der Waals surface area contributed by atoms with Crippen molar-refractivity contribution < 1.29 is 0 Å². The molecule has 0 amide bonds. The standard InChI is InChI=1S/C21H22N2/c1-17(2)22-18-13-15-21(16-14-18)23(19-9-5-3-6-10-19)20-11-7-4-8-12-20/h3-17,22H,1-2H3. The van der Waals surface area contributed by atoms with E-state index >= 15 is 0 Å². The SMILES string of the molecule is CC(C)Nc1ccc(N(c2ccccc2)c2ccccc2)cc1. The van der Waals surface area contributed by atoms with E-state index in [0.29, 0.717) is 6.04 Å². The number of anilines is 4. The van der Waals surface area contributed by atoms with E-state index in [1.54, 1.807) is 0 Å². The third-order valence-electron chi connectivity index (χ3n) is 3.61. The summed E-state index contributed by atoms with van der Waals surface area (Å²) in [6.07, 6.45) is 0. The minimum Gasteiger partial charge on any atom is -0.383 e. The zero-order chi connectivity index (χ0) is 16.1. The Hall–Kier alpha value is -2.74. The lowest BCUT2D eigenvalue weighted by molar-refractivity contribution is 0.900. The lowest BCUT2D eigenvalue weighted by Crippen LogP contribution is -2.11. The number of nitrogens with zero attached hydrogens (tertiary/aromatic N) is 1. The molecule has 0 bridgehead atoms. The van der Waals surface area contributed by atoms with Crippen LogP contribution in [0.4, 0.5) is 22.7 Å². The Morgan fingerprint density at radius 3 is 1.48 bits per heavy atom. The van der Waals surface area contributed by atoms with Crippen molar-refractivity contribution in [2.75, 3.05) is 10.2 Å². The smallest absolute Gasteiger partial charge is 0.0463 e. The molecule has 0 heterocycles. The molecule has 3 aromatic carbocycles. The van der Waals surface area contributed by atoms with Crippen LogP contribution in [0.15, 0.2) is 84.9 Å². The molecule has 0 atom stereocenters. The zero-order valence-electron chi connectivity index (χ0n) is 13.6. The molecule has 0 saturated carbocycles. The van der Waals surface area contributed by atoms with Crippen molar-refractivity contribution in [3.05, 3.63) is 84.9 Å². The van der Waals surface area contributed by atoms with Crippen molar-refractivity contribution >= 4 is 22.7 Å². The lowest BCUT2D eigenvalue weighted by Gasteiger charge is -2.25. The minimum atomic E-state index is 0.431. The summed E-state index contributed by atoms with van der Waals surface area (Å²) in [6, 6.07) is 29.9. The van der Waals surface area contributed by atoms with E-state index in [0.717, 1.165) is 22.7 Å². The first-order chi connectivity index (χ1) is 11.2. The second-order valence-electron chi connectivity index (χ2n) is 5.85. The highest BCUT2D eigenvalue weighted by Gasteiger charge is 2.11. The molecule has 116 valence electrons. The first-order valence-electron chi connectivity index (χ1n) is 8.01. The molecule has 0 aliphatic carbocycles. The van der Waals surface area contributed by atoms with E-state index in [-0.39, 0.29) is 0 Å². The Morgan fingerprint density at radius 2 is 1.04 bits per heavy atom. The average Bonchev–Trinajstić information content (AvgIpc) is 2.58. The molecule has 0 spiro atoms. The third kappa shape index (κ3) is 3.72. The van der Waals surface area contributed by atoms with Gasteiger partial charge in [0.2, 0.25) is 0 Å². The topological polar surface area (TPSA) is 15.3 Å². The Balaban J connectivity index is 1.99. The minimum absolute atomic E-state index is 0.431. The van der Waals surface area contributed by atoms with Crippen LogP contribution in [-0.4, -0.2) is 6.04 Å². The number of hydrogen-bond acceptors (Lipinski definition) is 2. The van der Waals surface area contributed by atoms with Crippen LogP contribution < -0.4 is 10.2 Å². The summed E-state index contributed by atoms with van der Waals surface area (Å²) in [5.74, 6) is 0. The number of rotatable bonds is 5. The van der Waals surface area contributed by atoms with Gasteiger partial charge in [0.25, 0.3) is 0 Å². The second-order valence-corrected chi connectivity index (χ2v) is 5.85. The monoisotopic (exact) mass is 302 g/mol. The summed E-state index contributed by atoms with van der Waals surface area (Å²) >= 11 is 0. The number of para-hydroxylation sites is 2. The van der Waals surface area contributed by atoms with Gasteiger partial charge < -0.3 is 10.2 Å². The van der Waals surface area contributed by atoms with Crippen molar-refractivity contribution in [2.24, 2.45) is 0 Å². The van der Waals surface area contributed by atoms with Gasteiger partial charge in [0.1, 0.15) is 0 Å². The van der Waals surface area contributed by atoms with Crippen molar-refractivity contribution in [3.63, 3.8) is 0 Å². The van der Waals surface area contributed by atoms with E-state index in [2.05, 4.69) is 96.9 Å². The molecule has 0 saturated heterocycles. The molecular formula is C21H22N2. The Bertz CT molecular complexity index is 679. The van der Waals surface area contributed by atoms with Gasteiger partial charge in [0.15, 0.2) is 0 Å². The summed E-state index contributed by atoms with van der Waals surface area (Å²) in [4.78, 5) is 2.26. The molecule has 0 fully saturated rings. The first-order valence-corrected chi connectivity index (χ1v) is 8.01. The van der Waals surface area contributed by atoms with Gasteiger partial charge in [-0.25, -0.2) is 0 Å². The van der Waals surface area contributed by atoms with Crippen LogP contribution in [-0.2, 0) is 0 Å². The normalized spacial score (nSPS) is 10.6. The van der Waals surface area contributed by atoms with Crippen molar-refractivity contribution in [2.45, 2.75) is 19.9 Å². The average molecular weight is 302 g/mol. The summed E-state index contributed by atoms with van der Waals surface area (Å²) in [5, 5.41) is 3.43. The van der Waals surface area contributed by atoms with Gasteiger partial charge in [0, 0.05) is 28.8 Å². The predicted molar refractivity (Wildman–Crippen MR) is 99.9 cm³/mol. The zero-order valence-corrected chi connectivity index (χ0v) is 13.6. The van der Waals surface area contributed by atoms with Crippen LogP contribution in [0.5, 0.6) is 0 Å². The molecule has 0 radical (unpaired) electrons. The van der Waals surface area contributed by atoms with Gasteiger partial charge in [-0.05, 0) is 62.4 Å². The van der Waals surface area contributed by atoms with E-state index < -0.39 is 0 Å². The molecule has 3 aromatic rings. The highest BCUT2D eigenvalue weighted by atomic mass is 15.1. The van der Waals surface area contributed by atoms with E-state index in [9.17, 15) is 0 Å². The summed E-state index contributed by atoms with van der Waals surface area (Å²) in [6.45, 7) is 4.29. The molecule has 0 aliphatic rings. The maximum Gasteiger partial charge on any atom is 0.0463 e. The summed E-state index contributed by atoms with van der Waals surface area (Å²) < 4.78 is 0. The molecule has 0 aliphatic heterocycles. The third-order valence-corrected chi connectivity index (χ3v) is 3.61. The van der Waals surface area contributed by atoms with Crippen molar-refractivity contribution in [1.82, 2.24) is 0 Å². The Morgan fingerprint density at radius 1 is 0.609 bits per heavy atom. The molecule has 2 nitrogen and oxygen atoms in total. The Kier molecular flexibility index (Phi) is 4.62. The number of nitrogens with one attached hydrogen (secondary N) is 1. The quantitative estimate of drug-likeness (QED) is 0.624. The van der Waals surface area contributed by atoms with Crippen LogP contribution in [0, 0.1) is 0 Å². The summed E-state index contributed by atoms with van der Waals surface area (Å²) in [5.41, 5.74) is 4.60. The van der Waals surface area contributed by atoms with Gasteiger partial charge in [-0.15, -0.1) is 0 Å². The van der Waals surface area contributed by atoms with Gasteiger partial charge >= 0.3 is 0 Å². The maximum absolute atomic E-state index is 3.43. The number of hydrogen-bond donors (Lipinski definition) is 1. The van der Waals surface area contributed by atoms with Crippen molar-refractivity contribution in [1.29, 1.82) is 0 Å². The molecule has 1 N–H and O–H groups in total. The van der Waals surface area contributed by atoms with E-state index in [1.165, 1.54) is 0 Å². The van der Waals surface area contributed by atoms with Gasteiger partial charge in [-0.1, -0.05) is 36.4 Å². The highest BCUT2D eigenvalue weighted by Crippen LogP contribution is 2.34. The van der Waals surface area contributed by atoms with Crippen molar-refractivity contribution in [3.8, 4) is 0 Å². The largest absolute Gasteiger partial charge is 0.383 e. The van der Waals surface area contributed by atoms with Crippen LogP contribution in [0.3, 0.4) is 0 Å². The second kappa shape index (κ2) is 7.01. The summed E-state index contributed by atoms with van der Waals surface area (Å²) in [7, 11) is 0. The molecule has 0 unspecified atom stereocenters. The highest BCUT2D eigenvalue weighted by molar-refractivity contribution is 5.77. The number of benzene rings is 3. The molecular weight excluding hydrogens is 280 g/mol. The van der Waals surface area contributed by atoms with Gasteiger partial charge in [-0.2, -0.15) is 0 Å². The Labute approximate surface area is 138 Å². The van der Waals surface area contributed by atoms with Crippen LogP contribution in [0.2, 0.25) is 0 Å². The lowest BCUT2D eigenvalue weighted by atomic mass is 10.2. The van der Waals surface area contributed by atoms with E-state index in [1.807, 2.05) is 12.1 Å². The van der Waals surface area contributed by atoms with Crippen LogP contribution in [0.25, 0.3) is 0 Å². The first kappa shape index (κ1) is 15.2. The fourth-order valence-corrected chi connectivity index (χ4v) is 2.64. The fraction of sp³-hybridized carbons (Fsp3) is 0.143. The predicted octanol–water partition coefficient (Wildman–Crippen LogP) is 5.98. The van der Waals surface area contributed by atoms with Crippen LogP contribution >= 0.6 is 0 Å². The molecule has 2 heteroatoms. The fourth-order valence-electron chi connectivity index (χ4n) is 2.64. The maximum atomic E-state index is 3.43. The van der Waals surface area contributed by atoms with Crippen LogP contribution in [0.1, 0.15) is 13.8 Å². The molecule has 23 heavy (non-hydrogen) atoms. The molecule has 0 aromatic heterocycles. The van der Waals surface area contributed by atoms with Gasteiger partial charge in [0.05, 0.1) is 0 Å². The van der Waals surface area contributed by atoms with Gasteiger partial charge in [-0.3, -0.25) is 0 Å².